The number of esters is 1. The number of ether oxygens (including phenoxy) is 1. The number of rotatable bonds is 3. The maximum atomic E-state index is 11.8. The van der Waals surface area contributed by atoms with Crippen molar-refractivity contribution in [3.8, 4) is 0 Å². The van der Waals surface area contributed by atoms with Crippen LogP contribution in [-0.2, 0) is 11.3 Å². The predicted octanol–water partition coefficient (Wildman–Crippen LogP) is 3.99. The largest absolute Gasteiger partial charge is 0.457 e. The highest BCUT2D eigenvalue weighted by molar-refractivity contribution is 7.07. The van der Waals surface area contributed by atoms with E-state index in [0.29, 0.717) is 0 Å². The number of hydrogen-bond acceptors (Lipinski definition) is 4. The molecular formula is C12H9Cl2NO2S. The van der Waals surface area contributed by atoms with Crippen LogP contribution in [0, 0.1) is 0 Å². The molecule has 3 nitrogen and oxygen atoms in total. The van der Waals surface area contributed by atoms with E-state index >= 15 is 0 Å². The molecule has 2 rings (SSSR count). The standard InChI is InChI=1S/C12H9Cl2NO2S/c13-9-3-8(4-10(15)11(9)14)12(16)17-5-7-1-2-18-6-7/h1-4,6H,5,15H2. The zero-order valence-corrected chi connectivity index (χ0v) is 11.5. The molecule has 0 aliphatic heterocycles. The highest BCUT2D eigenvalue weighted by Gasteiger charge is 2.12. The second-order valence-corrected chi connectivity index (χ2v) is 5.13. The lowest BCUT2D eigenvalue weighted by molar-refractivity contribution is 0.0473. The molecule has 18 heavy (non-hydrogen) atoms. The second kappa shape index (κ2) is 5.61. The molecule has 0 saturated carbocycles. The Morgan fingerprint density at radius 1 is 1.39 bits per heavy atom. The highest BCUT2D eigenvalue weighted by Crippen LogP contribution is 2.29. The van der Waals surface area contributed by atoms with Crippen LogP contribution in [0.5, 0.6) is 0 Å². The molecule has 1 heterocycles. The van der Waals surface area contributed by atoms with Crippen LogP contribution in [-0.4, -0.2) is 5.97 Å². The molecule has 94 valence electrons. The zero-order chi connectivity index (χ0) is 13.1. The van der Waals surface area contributed by atoms with Crippen molar-refractivity contribution in [2.24, 2.45) is 0 Å². The Morgan fingerprint density at radius 2 is 2.17 bits per heavy atom. The van der Waals surface area contributed by atoms with E-state index in [0.717, 1.165) is 5.56 Å². The van der Waals surface area contributed by atoms with Crippen LogP contribution in [0.15, 0.2) is 29.0 Å². The van der Waals surface area contributed by atoms with Crippen LogP contribution in [0.25, 0.3) is 0 Å². The molecule has 0 radical (unpaired) electrons. The van der Waals surface area contributed by atoms with Gasteiger partial charge in [-0.25, -0.2) is 4.79 Å². The maximum absolute atomic E-state index is 11.8. The van der Waals surface area contributed by atoms with Crippen molar-refractivity contribution in [1.82, 2.24) is 0 Å². The van der Waals surface area contributed by atoms with Gasteiger partial charge in [-0.1, -0.05) is 23.2 Å². The summed E-state index contributed by atoms with van der Waals surface area (Å²) in [4.78, 5) is 11.8. The quantitative estimate of drug-likeness (QED) is 0.689. The van der Waals surface area contributed by atoms with Gasteiger partial charge in [0.1, 0.15) is 6.61 Å². The Balaban J connectivity index is 2.09. The number of halogens is 2. The minimum atomic E-state index is -0.480. The summed E-state index contributed by atoms with van der Waals surface area (Å²) in [7, 11) is 0. The number of nitrogen functional groups attached to an aromatic ring is 1. The number of hydrogen-bond donors (Lipinski definition) is 1. The third-order valence-corrected chi connectivity index (χ3v) is 3.79. The molecule has 1 aromatic heterocycles. The van der Waals surface area contributed by atoms with Gasteiger partial charge in [-0.05, 0) is 29.0 Å². The van der Waals surface area contributed by atoms with E-state index in [1.54, 1.807) is 11.3 Å². The first-order valence-corrected chi connectivity index (χ1v) is 6.70. The van der Waals surface area contributed by atoms with Gasteiger partial charge < -0.3 is 10.5 Å². The summed E-state index contributed by atoms with van der Waals surface area (Å²) in [5.41, 5.74) is 7.12. The van der Waals surface area contributed by atoms with Crippen LogP contribution in [0.4, 0.5) is 5.69 Å². The Morgan fingerprint density at radius 3 is 2.78 bits per heavy atom. The van der Waals surface area contributed by atoms with Gasteiger partial charge in [-0.2, -0.15) is 11.3 Å². The maximum Gasteiger partial charge on any atom is 0.338 e. The van der Waals surface area contributed by atoms with Gasteiger partial charge in [0.2, 0.25) is 0 Å². The normalized spacial score (nSPS) is 10.3. The van der Waals surface area contributed by atoms with Crippen molar-refractivity contribution in [2.45, 2.75) is 6.61 Å². The minimum absolute atomic E-state index is 0.225. The SMILES string of the molecule is Nc1cc(C(=O)OCc2ccsc2)cc(Cl)c1Cl. The van der Waals surface area contributed by atoms with Crippen molar-refractivity contribution in [1.29, 1.82) is 0 Å². The van der Waals surface area contributed by atoms with E-state index in [9.17, 15) is 4.79 Å². The molecule has 0 aliphatic carbocycles. The Bertz CT molecular complexity index is 546. The summed E-state index contributed by atoms with van der Waals surface area (Å²) in [6, 6.07) is 4.78. The molecular weight excluding hydrogens is 293 g/mol. The lowest BCUT2D eigenvalue weighted by atomic mass is 10.2. The van der Waals surface area contributed by atoms with Crippen LogP contribution >= 0.6 is 34.5 Å². The predicted molar refractivity (Wildman–Crippen MR) is 74.3 cm³/mol. The van der Waals surface area contributed by atoms with Crippen molar-refractivity contribution in [3.05, 3.63) is 50.1 Å². The van der Waals surface area contributed by atoms with Gasteiger partial charge in [0.25, 0.3) is 0 Å². The minimum Gasteiger partial charge on any atom is -0.457 e. The van der Waals surface area contributed by atoms with Crippen molar-refractivity contribution >= 4 is 46.2 Å². The summed E-state index contributed by atoms with van der Waals surface area (Å²) >= 11 is 13.2. The summed E-state index contributed by atoms with van der Waals surface area (Å²) < 4.78 is 5.13. The molecule has 0 amide bonds. The summed E-state index contributed by atoms with van der Waals surface area (Å²) in [5, 5.41) is 4.31. The van der Waals surface area contributed by atoms with Crippen LogP contribution in [0.2, 0.25) is 10.0 Å². The first kappa shape index (κ1) is 13.2. The lowest BCUT2D eigenvalue weighted by Crippen LogP contribution is -2.06. The Hall–Kier alpha value is -1.23. The molecule has 2 aromatic rings. The number of carbonyl (C=O) groups excluding carboxylic acids is 1. The molecule has 2 N–H and O–H groups in total. The van der Waals surface area contributed by atoms with Crippen molar-refractivity contribution in [2.75, 3.05) is 5.73 Å². The monoisotopic (exact) mass is 301 g/mol. The van der Waals surface area contributed by atoms with Crippen molar-refractivity contribution < 1.29 is 9.53 Å². The summed E-state index contributed by atoms with van der Waals surface area (Å²) in [6.45, 7) is 0.225. The summed E-state index contributed by atoms with van der Waals surface area (Å²) in [5.74, 6) is -0.480. The number of nitrogens with two attached hydrogens (primary N) is 1. The number of anilines is 1. The van der Waals surface area contributed by atoms with E-state index < -0.39 is 5.97 Å². The van der Waals surface area contributed by atoms with E-state index in [1.807, 2.05) is 16.8 Å². The average molecular weight is 302 g/mol. The van der Waals surface area contributed by atoms with E-state index in [-0.39, 0.29) is 27.9 Å². The van der Waals surface area contributed by atoms with E-state index in [1.165, 1.54) is 12.1 Å². The third-order valence-electron chi connectivity index (χ3n) is 2.24. The molecule has 0 atom stereocenters. The molecule has 0 spiro atoms. The molecule has 0 saturated heterocycles. The molecule has 0 fully saturated rings. The summed E-state index contributed by atoms with van der Waals surface area (Å²) in [6.07, 6.45) is 0. The Kier molecular flexibility index (Phi) is 4.11. The van der Waals surface area contributed by atoms with Crippen LogP contribution in [0.1, 0.15) is 15.9 Å². The number of thiophene rings is 1. The van der Waals surface area contributed by atoms with Gasteiger partial charge in [-0.3, -0.25) is 0 Å². The van der Waals surface area contributed by atoms with Gasteiger partial charge >= 0.3 is 5.97 Å². The highest BCUT2D eigenvalue weighted by atomic mass is 35.5. The van der Waals surface area contributed by atoms with E-state index in [2.05, 4.69) is 0 Å². The molecule has 0 unspecified atom stereocenters. The lowest BCUT2D eigenvalue weighted by Gasteiger charge is -2.06. The van der Waals surface area contributed by atoms with Crippen LogP contribution < -0.4 is 5.73 Å². The first-order valence-electron chi connectivity index (χ1n) is 5.00. The van der Waals surface area contributed by atoms with E-state index in [4.69, 9.17) is 33.7 Å². The number of carbonyl (C=O) groups is 1. The van der Waals surface area contributed by atoms with Crippen LogP contribution in [0.3, 0.4) is 0 Å². The van der Waals surface area contributed by atoms with Gasteiger partial charge in [0, 0.05) is 5.56 Å². The molecule has 0 bridgehead atoms. The smallest absolute Gasteiger partial charge is 0.338 e. The fourth-order valence-electron chi connectivity index (χ4n) is 1.34. The Labute approximate surface area is 118 Å². The topological polar surface area (TPSA) is 52.3 Å². The van der Waals surface area contributed by atoms with Gasteiger partial charge in [0.05, 0.1) is 21.3 Å². The van der Waals surface area contributed by atoms with Gasteiger partial charge in [-0.15, -0.1) is 0 Å². The molecule has 0 aliphatic rings. The average Bonchev–Trinajstić information content (AvgIpc) is 2.85. The molecule has 6 heteroatoms. The third kappa shape index (κ3) is 2.96. The fourth-order valence-corrected chi connectivity index (χ4v) is 2.32. The zero-order valence-electron chi connectivity index (χ0n) is 9.15. The second-order valence-electron chi connectivity index (χ2n) is 3.57. The fraction of sp³-hybridized carbons (Fsp3) is 0.0833. The first-order chi connectivity index (χ1) is 8.58. The van der Waals surface area contributed by atoms with Crippen molar-refractivity contribution in [3.63, 3.8) is 0 Å². The molecule has 1 aromatic carbocycles. The number of benzene rings is 1. The van der Waals surface area contributed by atoms with Gasteiger partial charge in [0.15, 0.2) is 0 Å².